The molecular formula is C19H24N2O. The fourth-order valence-corrected chi connectivity index (χ4v) is 3.02. The quantitative estimate of drug-likeness (QED) is 0.619. The molecule has 1 aliphatic rings. The number of aldehydes is 1. The zero-order valence-corrected chi connectivity index (χ0v) is 13.5. The fraction of sp³-hybridized carbons (Fsp3) is 0.368. The first-order chi connectivity index (χ1) is 10.7. The minimum absolute atomic E-state index is 0.0666. The third-order valence-electron chi connectivity index (χ3n) is 4.29. The summed E-state index contributed by atoms with van der Waals surface area (Å²) in [5, 5.41) is 3.13. The van der Waals surface area contributed by atoms with E-state index in [1.54, 1.807) is 0 Å². The number of rotatable bonds is 7. The smallest absolute Gasteiger partial charge is 0.120 e. The van der Waals surface area contributed by atoms with Gasteiger partial charge in [-0.15, -0.1) is 5.73 Å². The van der Waals surface area contributed by atoms with Crippen LogP contribution in [0.3, 0.4) is 0 Å². The molecule has 22 heavy (non-hydrogen) atoms. The first-order valence-corrected chi connectivity index (χ1v) is 7.75. The summed E-state index contributed by atoms with van der Waals surface area (Å²) in [5.41, 5.74) is 8.82. The molecule has 1 N–H and O–H groups in total. The van der Waals surface area contributed by atoms with E-state index in [4.69, 9.17) is 0 Å². The molecule has 0 saturated carbocycles. The second-order valence-corrected chi connectivity index (χ2v) is 5.53. The van der Waals surface area contributed by atoms with Crippen LogP contribution in [-0.2, 0) is 17.8 Å². The maximum Gasteiger partial charge on any atom is 0.120 e. The molecule has 0 aliphatic carbocycles. The van der Waals surface area contributed by atoms with Gasteiger partial charge in [0, 0.05) is 31.3 Å². The topological polar surface area (TPSA) is 32.3 Å². The number of fused-ring (bicyclic) bond motifs is 1. The Morgan fingerprint density at radius 2 is 2.32 bits per heavy atom. The standard InChI is InChI=1S/C19H24N2O/c1-5-15-9-10-17-16(12-15)13-21(18(17)6-2)19(8-7-11-22)14(3)20-4/h9-12,19-20H,2-3,5,7-8,13H2,1,4H3. The average molecular weight is 296 g/mol. The highest BCUT2D eigenvalue weighted by atomic mass is 16.1. The zero-order valence-electron chi connectivity index (χ0n) is 13.5. The van der Waals surface area contributed by atoms with Gasteiger partial charge in [-0.3, -0.25) is 0 Å². The summed E-state index contributed by atoms with van der Waals surface area (Å²) in [5.74, 6) is 0. The van der Waals surface area contributed by atoms with E-state index in [1.807, 2.05) is 7.05 Å². The van der Waals surface area contributed by atoms with Crippen LogP contribution in [0.15, 0.2) is 42.8 Å². The number of aryl methyl sites for hydroxylation is 1. The Morgan fingerprint density at radius 3 is 2.91 bits per heavy atom. The van der Waals surface area contributed by atoms with E-state index in [-0.39, 0.29) is 6.04 Å². The monoisotopic (exact) mass is 296 g/mol. The van der Waals surface area contributed by atoms with Crippen molar-refractivity contribution in [2.75, 3.05) is 7.05 Å². The Bertz CT molecular complexity index is 626. The maximum atomic E-state index is 10.8. The van der Waals surface area contributed by atoms with E-state index in [0.29, 0.717) is 6.42 Å². The van der Waals surface area contributed by atoms with Gasteiger partial charge in [0.25, 0.3) is 0 Å². The lowest BCUT2D eigenvalue weighted by Gasteiger charge is -2.31. The van der Waals surface area contributed by atoms with Gasteiger partial charge >= 0.3 is 0 Å². The Morgan fingerprint density at radius 1 is 1.55 bits per heavy atom. The molecule has 1 heterocycles. The van der Waals surface area contributed by atoms with Crippen molar-refractivity contribution in [3.63, 3.8) is 0 Å². The van der Waals surface area contributed by atoms with Crippen molar-refractivity contribution in [3.8, 4) is 0 Å². The lowest BCUT2D eigenvalue weighted by atomic mass is 10.0. The van der Waals surface area contributed by atoms with Crippen molar-refractivity contribution in [3.05, 3.63) is 59.5 Å². The Hall–Kier alpha value is -2.25. The Balaban J connectivity index is 2.36. The molecule has 0 spiro atoms. The fourth-order valence-electron chi connectivity index (χ4n) is 3.02. The highest BCUT2D eigenvalue weighted by molar-refractivity contribution is 5.71. The van der Waals surface area contributed by atoms with Gasteiger partial charge in [-0.2, -0.15) is 0 Å². The number of nitrogens with zero attached hydrogens (tertiary/aromatic N) is 1. The molecule has 2 rings (SSSR count). The summed E-state index contributed by atoms with van der Waals surface area (Å²) < 4.78 is 0. The average Bonchev–Trinajstić information content (AvgIpc) is 2.91. The summed E-state index contributed by atoms with van der Waals surface area (Å²) in [4.78, 5) is 13.0. The highest BCUT2D eigenvalue weighted by Crippen LogP contribution is 2.36. The molecule has 0 amide bonds. The third-order valence-corrected chi connectivity index (χ3v) is 4.29. The van der Waals surface area contributed by atoms with Crippen LogP contribution >= 0.6 is 0 Å². The van der Waals surface area contributed by atoms with Crippen LogP contribution in [0.5, 0.6) is 0 Å². The lowest BCUT2D eigenvalue weighted by molar-refractivity contribution is -0.108. The number of likely N-dealkylation sites (N-methyl/N-ethyl adjacent to an activating group) is 1. The second-order valence-electron chi connectivity index (χ2n) is 5.53. The molecule has 0 saturated heterocycles. The van der Waals surface area contributed by atoms with Gasteiger partial charge in [0.05, 0.1) is 11.7 Å². The minimum Gasteiger partial charge on any atom is -0.390 e. The lowest BCUT2D eigenvalue weighted by Crippen LogP contribution is -2.35. The molecule has 116 valence electrons. The summed E-state index contributed by atoms with van der Waals surface area (Å²) in [6, 6.07) is 6.64. The minimum atomic E-state index is 0.0666. The first kappa shape index (κ1) is 16.1. The van der Waals surface area contributed by atoms with Crippen molar-refractivity contribution >= 4 is 12.0 Å². The number of carbonyl (C=O) groups is 1. The molecule has 0 radical (unpaired) electrons. The van der Waals surface area contributed by atoms with Gasteiger partial charge in [-0.1, -0.05) is 38.3 Å². The molecule has 0 bridgehead atoms. The number of carbonyl (C=O) groups excluding carboxylic acids is 1. The van der Waals surface area contributed by atoms with Crippen LogP contribution in [0.2, 0.25) is 0 Å². The zero-order chi connectivity index (χ0) is 16.1. The SMILES string of the molecule is C=C=C1c2ccc(CC)cc2CN1C(CCC=O)C(=C)NC. The van der Waals surface area contributed by atoms with E-state index < -0.39 is 0 Å². The van der Waals surface area contributed by atoms with Crippen LogP contribution in [0.4, 0.5) is 0 Å². The molecule has 3 nitrogen and oxygen atoms in total. The van der Waals surface area contributed by atoms with Crippen molar-refractivity contribution in [1.82, 2.24) is 10.2 Å². The van der Waals surface area contributed by atoms with Gasteiger partial charge in [-0.05, 0) is 24.0 Å². The summed E-state index contributed by atoms with van der Waals surface area (Å²) >= 11 is 0. The Labute approximate surface area is 133 Å². The van der Waals surface area contributed by atoms with Crippen LogP contribution in [-0.4, -0.2) is 24.3 Å². The van der Waals surface area contributed by atoms with Crippen molar-refractivity contribution in [2.24, 2.45) is 0 Å². The molecule has 1 unspecified atom stereocenters. The van der Waals surface area contributed by atoms with Crippen LogP contribution < -0.4 is 5.32 Å². The van der Waals surface area contributed by atoms with Crippen molar-refractivity contribution in [2.45, 2.75) is 38.8 Å². The second kappa shape index (κ2) is 7.15. The largest absolute Gasteiger partial charge is 0.390 e. The summed E-state index contributed by atoms with van der Waals surface area (Å²) in [6.07, 6.45) is 3.25. The molecule has 3 heteroatoms. The van der Waals surface area contributed by atoms with Gasteiger partial charge in [0.1, 0.15) is 6.29 Å². The van der Waals surface area contributed by atoms with Crippen molar-refractivity contribution < 1.29 is 4.79 Å². The molecular weight excluding hydrogens is 272 g/mol. The molecule has 0 fully saturated rings. The number of hydrogen-bond donors (Lipinski definition) is 1. The van der Waals surface area contributed by atoms with E-state index in [9.17, 15) is 4.79 Å². The van der Waals surface area contributed by atoms with Gasteiger partial charge in [0.15, 0.2) is 0 Å². The van der Waals surface area contributed by atoms with Crippen molar-refractivity contribution in [1.29, 1.82) is 0 Å². The predicted molar refractivity (Wildman–Crippen MR) is 91.2 cm³/mol. The van der Waals surface area contributed by atoms with Crippen LogP contribution in [0.25, 0.3) is 5.70 Å². The molecule has 0 aromatic heterocycles. The predicted octanol–water partition coefficient (Wildman–Crippen LogP) is 3.27. The molecule has 1 aromatic carbocycles. The Kier molecular flexibility index (Phi) is 5.24. The normalized spacial score (nSPS) is 14.3. The number of nitrogens with one attached hydrogen (secondary N) is 1. The van der Waals surface area contributed by atoms with E-state index in [1.165, 1.54) is 16.7 Å². The summed E-state index contributed by atoms with van der Waals surface area (Å²) in [7, 11) is 1.87. The highest BCUT2D eigenvalue weighted by Gasteiger charge is 2.30. The van der Waals surface area contributed by atoms with E-state index >= 15 is 0 Å². The maximum absolute atomic E-state index is 10.8. The summed E-state index contributed by atoms with van der Waals surface area (Å²) in [6.45, 7) is 10.9. The van der Waals surface area contributed by atoms with Crippen LogP contribution in [0, 0.1) is 0 Å². The van der Waals surface area contributed by atoms with Gasteiger partial charge in [0.2, 0.25) is 0 Å². The molecule has 1 aromatic rings. The molecule has 1 aliphatic heterocycles. The van der Waals surface area contributed by atoms with Gasteiger partial charge < -0.3 is 15.0 Å². The van der Waals surface area contributed by atoms with Gasteiger partial charge in [-0.25, -0.2) is 0 Å². The molecule has 1 atom stereocenters. The van der Waals surface area contributed by atoms with Crippen LogP contribution in [0.1, 0.15) is 36.5 Å². The number of hydrogen-bond acceptors (Lipinski definition) is 3. The van der Waals surface area contributed by atoms with E-state index in [2.05, 4.69) is 54.2 Å². The first-order valence-electron chi connectivity index (χ1n) is 7.75. The third kappa shape index (κ3) is 3.00. The number of benzene rings is 1. The van der Waals surface area contributed by atoms with E-state index in [0.717, 1.165) is 37.1 Å².